The number of fused-ring (bicyclic) bond motifs is 1. The number of carbonyl (C=O) groups is 1. The molecule has 3 rings (SSSR count). The minimum absolute atomic E-state index is 0.132. The Morgan fingerprint density at radius 3 is 2.43 bits per heavy atom. The molecule has 1 atom stereocenters. The number of carbonyl (C=O) groups excluding carboxylic acids is 1. The fourth-order valence-electron chi connectivity index (χ4n) is 3.09. The van der Waals surface area contributed by atoms with Gasteiger partial charge in [-0.15, -0.1) is 0 Å². The van der Waals surface area contributed by atoms with Crippen molar-refractivity contribution in [2.75, 3.05) is 11.9 Å². The van der Waals surface area contributed by atoms with E-state index in [1.807, 2.05) is 0 Å². The molecule has 2 aromatic rings. The maximum Gasteiger partial charge on any atom is 0.343 e. The molecule has 1 aliphatic heterocycles. The lowest BCUT2D eigenvalue weighted by atomic mass is 9.99. The van der Waals surface area contributed by atoms with Crippen molar-refractivity contribution in [1.29, 1.82) is 0 Å². The lowest BCUT2D eigenvalue weighted by molar-refractivity contribution is -0.433. The van der Waals surface area contributed by atoms with Crippen LogP contribution in [0, 0.1) is 20.2 Å². The van der Waals surface area contributed by atoms with Gasteiger partial charge in [-0.2, -0.15) is 5.10 Å². The zero-order valence-electron chi connectivity index (χ0n) is 15.1. The number of nitrogens with one attached hydrogen (secondary N) is 1. The van der Waals surface area contributed by atoms with E-state index in [1.165, 1.54) is 35.1 Å². The van der Waals surface area contributed by atoms with Gasteiger partial charge in [0.15, 0.2) is 6.04 Å². The van der Waals surface area contributed by atoms with Crippen molar-refractivity contribution >= 4 is 17.5 Å². The van der Waals surface area contributed by atoms with Crippen molar-refractivity contribution in [3.05, 3.63) is 73.2 Å². The summed E-state index contributed by atoms with van der Waals surface area (Å²) in [6, 6.07) is 4.48. The summed E-state index contributed by atoms with van der Waals surface area (Å²) in [5, 5.41) is 29.8. The number of hydrogen-bond donors (Lipinski definition) is 1. The number of nitro groups is 2. The Bertz CT molecular complexity index is 978. The molecule has 1 aromatic heterocycles. The van der Waals surface area contributed by atoms with Crippen LogP contribution >= 0.6 is 0 Å². The van der Waals surface area contributed by atoms with Crippen LogP contribution < -0.4 is 5.32 Å². The molecule has 1 N–H and O–H groups in total. The van der Waals surface area contributed by atoms with Crippen molar-refractivity contribution in [3.63, 3.8) is 0 Å². The molecule has 0 bridgehead atoms. The van der Waals surface area contributed by atoms with Crippen LogP contribution in [0.25, 0.3) is 0 Å². The molecular formula is C17H17N5O6. The van der Waals surface area contributed by atoms with Crippen molar-refractivity contribution in [1.82, 2.24) is 9.78 Å². The lowest BCUT2D eigenvalue weighted by Gasteiger charge is -2.26. The molecule has 0 amide bonds. The third-order valence-corrected chi connectivity index (χ3v) is 4.34. The molecule has 0 radical (unpaired) electrons. The second-order valence-electron chi connectivity index (χ2n) is 5.92. The molecule has 1 aromatic carbocycles. The van der Waals surface area contributed by atoms with E-state index in [0.717, 1.165) is 0 Å². The van der Waals surface area contributed by atoms with E-state index >= 15 is 0 Å². The normalized spacial score (nSPS) is 15.6. The molecular weight excluding hydrogens is 370 g/mol. The van der Waals surface area contributed by atoms with E-state index in [0.29, 0.717) is 17.7 Å². The molecule has 11 nitrogen and oxygen atoms in total. The van der Waals surface area contributed by atoms with Crippen LogP contribution in [0.1, 0.15) is 42.2 Å². The third-order valence-electron chi connectivity index (χ3n) is 4.34. The highest BCUT2D eigenvalue weighted by molar-refractivity contribution is 5.95. The summed E-state index contributed by atoms with van der Waals surface area (Å²) < 4.78 is 6.35. The van der Waals surface area contributed by atoms with Crippen LogP contribution in [0.15, 0.2) is 41.9 Å². The first kappa shape index (κ1) is 19.0. The summed E-state index contributed by atoms with van der Waals surface area (Å²) in [4.78, 5) is 33.9. The topological polar surface area (TPSA) is 142 Å². The molecule has 28 heavy (non-hydrogen) atoms. The Morgan fingerprint density at radius 2 is 1.89 bits per heavy atom. The third kappa shape index (κ3) is 3.17. The number of ether oxygens (including phenoxy) is 1. The van der Waals surface area contributed by atoms with Gasteiger partial charge in [0.1, 0.15) is 11.4 Å². The highest BCUT2D eigenvalue weighted by Gasteiger charge is 2.40. The van der Waals surface area contributed by atoms with E-state index in [2.05, 4.69) is 10.4 Å². The summed E-state index contributed by atoms with van der Waals surface area (Å²) in [5.41, 5.74) is 0.647. The number of anilines is 1. The number of rotatable bonds is 6. The Labute approximate surface area is 158 Å². The summed E-state index contributed by atoms with van der Waals surface area (Å²) >= 11 is 0. The number of nitro benzene ring substituents is 1. The largest absolute Gasteiger partial charge is 0.462 e. The molecule has 1 unspecified atom stereocenters. The molecule has 2 heterocycles. The Hall–Kier alpha value is -3.76. The van der Waals surface area contributed by atoms with Gasteiger partial charge in [-0.05, 0) is 31.0 Å². The van der Waals surface area contributed by atoms with Gasteiger partial charge in [0.25, 0.3) is 11.4 Å². The first-order valence-corrected chi connectivity index (χ1v) is 8.52. The van der Waals surface area contributed by atoms with Gasteiger partial charge in [-0.1, -0.05) is 6.92 Å². The lowest BCUT2D eigenvalue weighted by Crippen LogP contribution is -2.29. The number of allylic oxidation sites excluding steroid dienone is 2. The monoisotopic (exact) mass is 387 g/mol. The van der Waals surface area contributed by atoms with Crippen LogP contribution in [0.5, 0.6) is 0 Å². The highest BCUT2D eigenvalue weighted by atomic mass is 16.6. The first-order valence-electron chi connectivity index (χ1n) is 8.52. The van der Waals surface area contributed by atoms with Crippen LogP contribution in [-0.2, 0) is 4.74 Å². The van der Waals surface area contributed by atoms with E-state index in [9.17, 15) is 25.0 Å². The second-order valence-corrected chi connectivity index (χ2v) is 5.92. The molecule has 1 aliphatic rings. The van der Waals surface area contributed by atoms with E-state index < -0.39 is 21.9 Å². The predicted molar refractivity (Wildman–Crippen MR) is 97.4 cm³/mol. The smallest absolute Gasteiger partial charge is 0.343 e. The Morgan fingerprint density at radius 1 is 1.21 bits per heavy atom. The Kier molecular flexibility index (Phi) is 5.07. The van der Waals surface area contributed by atoms with Crippen LogP contribution in [0.2, 0.25) is 0 Å². The van der Waals surface area contributed by atoms with Gasteiger partial charge in [0, 0.05) is 12.1 Å². The number of hydrogen-bond acceptors (Lipinski definition) is 8. The average molecular weight is 387 g/mol. The van der Waals surface area contributed by atoms with Crippen LogP contribution in [0.4, 0.5) is 11.5 Å². The zero-order chi connectivity index (χ0) is 20.4. The summed E-state index contributed by atoms with van der Waals surface area (Å²) in [5.74, 6) is -0.317. The van der Waals surface area contributed by atoms with Gasteiger partial charge in [-0.3, -0.25) is 20.2 Å². The van der Waals surface area contributed by atoms with E-state index in [4.69, 9.17) is 4.74 Å². The van der Waals surface area contributed by atoms with Crippen molar-refractivity contribution in [2.45, 2.75) is 26.3 Å². The van der Waals surface area contributed by atoms with Gasteiger partial charge in [-0.25, -0.2) is 9.48 Å². The van der Waals surface area contributed by atoms with Gasteiger partial charge < -0.3 is 10.1 Å². The minimum Gasteiger partial charge on any atom is -0.462 e. The molecule has 0 saturated carbocycles. The minimum atomic E-state index is -0.954. The summed E-state index contributed by atoms with van der Waals surface area (Å²) in [6.07, 6.45) is 1.60. The highest BCUT2D eigenvalue weighted by Crippen LogP contribution is 2.38. The zero-order valence-corrected chi connectivity index (χ0v) is 15.1. The number of esters is 1. The number of non-ortho nitro benzene ring substituents is 1. The summed E-state index contributed by atoms with van der Waals surface area (Å²) in [6.45, 7) is 3.59. The summed E-state index contributed by atoms with van der Waals surface area (Å²) in [7, 11) is 0. The van der Waals surface area contributed by atoms with Gasteiger partial charge >= 0.3 is 5.97 Å². The van der Waals surface area contributed by atoms with Crippen LogP contribution in [0.3, 0.4) is 0 Å². The molecule has 11 heteroatoms. The van der Waals surface area contributed by atoms with E-state index in [1.54, 1.807) is 13.8 Å². The molecule has 0 fully saturated rings. The number of benzene rings is 1. The van der Waals surface area contributed by atoms with Crippen molar-refractivity contribution in [3.8, 4) is 0 Å². The van der Waals surface area contributed by atoms with Crippen molar-refractivity contribution < 1.29 is 19.4 Å². The predicted octanol–water partition coefficient (Wildman–Crippen LogP) is 2.88. The molecule has 0 spiro atoms. The van der Waals surface area contributed by atoms with Crippen molar-refractivity contribution in [2.24, 2.45) is 0 Å². The molecule has 146 valence electrons. The average Bonchev–Trinajstić information content (AvgIpc) is 3.10. The molecule has 0 aliphatic carbocycles. The van der Waals surface area contributed by atoms with Crippen LogP contribution in [-0.4, -0.2) is 32.2 Å². The maximum absolute atomic E-state index is 12.2. The SMILES string of the molecule is CCOC(=O)c1cnn2c1NC(CC)=C([N+](=O)[O-])C2c1ccc([N+](=O)[O-])cc1. The number of nitrogens with zero attached hydrogens (tertiary/aromatic N) is 4. The number of aromatic nitrogens is 2. The fourth-order valence-corrected chi connectivity index (χ4v) is 3.09. The van der Waals surface area contributed by atoms with Gasteiger partial charge in [0.05, 0.1) is 28.3 Å². The van der Waals surface area contributed by atoms with Gasteiger partial charge in [0.2, 0.25) is 0 Å². The first-order chi connectivity index (χ1) is 13.4. The van der Waals surface area contributed by atoms with E-state index in [-0.39, 0.29) is 29.4 Å². The molecule has 0 saturated heterocycles. The second kappa shape index (κ2) is 7.47. The fraction of sp³-hybridized carbons (Fsp3) is 0.294. The standard InChI is InChI=1S/C17H17N5O6/c1-3-13-15(22(26)27)14(10-5-7-11(8-6-10)21(24)25)20-16(19-13)12(9-18-20)17(23)28-4-2/h5-9,14,19H,3-4H2,1-2H3. The Balaban J connectivity index is 2.17. The maximum atomic E-state index is 12.2. The quantitative estimate of drug-likeness (QED) is 0.453.